The van der Waals surface area contributed by atoms with Gasteiger partial charge in [-0.05, 0) is 42.2 Å². The highest BCUT2D eigenvalue weighted by Crippen LogP contribution is 2.25. The van der Waals surface area contributed by atoms with Crippen molar-refractivity contribution in [2.45, 2.75) is 38.0 Å². The Kier molecular flexibility index (Phi) is 4.10. The van der Waals surface area contributed by atoms with Crippen molar-refractivity contribution in [3.05, 3.63) is 59.7 Å². The molecule has 0 N–H and O–H groups in total. The second kappa shape index (κ2) is 5.53. The fourth-order valence-corrected chi connectivity index (χ4v) is 2.82. The molecule has 0 saturated carbocycles. The van der Waals surface area contributed by atoms with Gasteiger partial charge in [0.15, 0.2) is 0 Å². The molecule has 0 aliphatic carbocycles. The molecule has 0 radical (unpaired) electrons. The molecule has 0 aromatic heterocycles. The zero-order valence-electron chi connectivity index (χ0n) is 12.8. The molecule has 0 aliphatic rings. The van der Waals surface area contributed by atoms with Gasteiger partial charge in [-0.15, -0.1) is 0 Å². The molecule has 0 fully saturated rings. The minimum Gasteiger partial charge on any atom is -0.379 e. The quantitative estimate of drug-likeness (QED) is 0.803. The number of rotatable bonds is 3. The first-order chi connectivity index (χ1) is 9.68. The molecule has 0 unspecified atom stereocenters. The molecule has 3 nitrogen and oxygen atoms in total. The molecule has 21 heavy (non-hydrogen) atoms. The van der Waals surface area contributed by atoms with Crippen LogP contribution in [0, 0.1) is 6.92 Å². The Morgan fingerprint density at radius 1 is 0.857 bits per heavy atom. The zero-order valence-corrected chi connectivity index (χ0v) is 13.6. The van der Waals surface area contributed by atoms with Crippen molar-refractivity contribution in [2.75, 3.05) is 0 Å². The van der Waals surface area contributed by atoms with Crippen molar-refractivity contribution in [2.24, 2.45) is 0 Å². The van der Waals surface area contributed by atoms with E-state index in [0.717, 1.165) is 11.1 Å². The second-order valence-corrected chi connectivity index (χ2v) is 7.67. The SMILES string of the molecule is Cc1ccc(S(=O)(=O)Oc2ccc(C(C)(C)C)cc2)cc1. The molecule has 2 aromatic carbocycles. The van der Waals surface area contributed by atoms with E-state index < -0.39 is 10.1 Å². The van der Waals surface area contributed by atoms with Crippen LogP contribution in [0.1, 0.15) is 31.9 Å². The second-order valence-electron chi connectivity index (χ2n) is 6.12. The van der Waals surface area contributed by atoms with E-state index in [4.69, 9.17) is 4.18 Å². The van der Waals surface area contributed by atoms with Gasteiger partial charge in [0.1, 0.15) is 10.6 Å². The van der Waals surface area contributed by atoms with Crippen molar-refractivity contribution in [1.29, 1.82) is 0 Å². The van der Waals surface area contributed by atoms with E-state index in [9.17, 15) is 8.42 Å². The smallest absolute Gasteiger partial charge is 0.339 e. The monoisotopic (exact) mass is 304 g/mol. The molecule has 0 atom stereocenters. The van der Waals surface area contributed by atoms with Crippen LogP contribution < -0.4 is 4.18 Å². The molecular formula is C17H20O3S. The van der Waals surface area contributed by atoms with Gasteiger partial charge in [-0.25, -0.2) is 0 Å². The molecule has 0 bridgehead atoms. The van der Waals surface area contributed by atoms with Crippen LogP contribution in [0.4, 0.5) is 0 Å². The van der Waals surface area contributed by atoms with Gasteiger partial charge in [0.05, 0.1) is 0 Å². The molecule has 112 valence electrons. The lowest BCUT2D eigenvalue weighted by Crippen LogP contribution is -2.12. The average molecular weight is 304 g/mol. The molecule has 2 aromatic rings. The van der Waals surface area contributed by atoms with Crippen molar-refractivity contribution in [3.8, 4) is 5.75 Å². The van der Waals surface area contributed by atoms with Gasteiger partial charge in [0.2, 0.25) is 0 Å². The van der Waals surface area contributed by atoms with Gasteiger partial charge in [-0.2, -0.15) is 8.42 Å². The lowest BCUT2D eigenvalue weighted by Gasteiger charge is -2.19. The number of hydrogen-bond acceptors (Lipinski definition) is 3. The molecule has 0 saturated heterocycles. The van der Waals surface area contributed by atoms with E-state index in [-0.39, 0.29) is 10.3 Å². The van der Waals surface area contributed by atoms with E-state index >= 15 is 0 Å². The van der Waals surface area contributed by atoms with Crippen molar-refractivity contribution < 1.29 is 12.6 Å². The molecule has 2 rings (SSSR count). The normalized spacial score (nSPS) is 12.2. The largest absolute Gasteiger partial charge is 0.379 e. The highest BCUT2D eigenvalue weighted by atomic mass is 32.2. The van der Waals surface area contributed by atoms with Crippen LogP contribution in [0.15, 0.2) is 53.4 Å². The summed E-state index contributed by atoms with van der Waals surface area (Å²) in [5.41, 5.74) is 2.15. The first-order valence-corrected chi connectivity index (χ1v) is 8.21. The summed E-state index contributed by atoms with van der Waals surface area (Å²) >= 11 is 0. The van der Waals surface area contributed by atoms with Crippen LogP contribution in [0.25, 0.3) is 0 Å². The fourth-order valence-electron chi connectivity index (χ4n) is 1.89. The number of aryl methyl sites for hydroxylation is 1. The van der Waals surface area contributed by atoms with Crippen molar-refractivity contribution in [1.82, 2.24) is 0 Å². The highest BCUT2D eigenvalue weighted by molar-refractivity contribution is 7.87. The van der Waals surface area contributed by atoms with Gasteiger partial charge in [-0.1, -0.05) is 50.6 Å². The lowest BCUT2D eigenvalue weighted by atomic mass is 9.87. The van der Waals surface area contributed by atoms with Gasteiger partial charge in [0, 0.05) is 0 Å². The molecule has 4 heteroatoms. The summed E-state index contributed by atoms with van der Waals surface area (Å²) in [6.07, 6.45) is 0. The lowest BCUT2D eigenvalue weighted by molar-refractivity contribution is 0.485. The first-order valence-electron chi connectivity index (χ1n) is 6.80. The standard InChI is InChI=1S/C17H20O3S/c1-13-5-11-16(12-6-13)21(18,19)20-15-9-7-14(8-10-15)17(2,3)4/h5-12H,1-4H3. The highest BCUT2D eigenvalue weighted by Gasteiger charge is 2.17. The minimum absolute atomic E-state index is 0.0222. The van der Waals surface area contributed by atoms with Gasteiger partial charge in [-0.3, -0.25) is 0 Å². The van der Waals surface area contributed by atoms with Crippen molar-refractivity contribution in [3.63, 3.8) is 0 Å². The molecular weight excluding hydrogens is 284 g/mol. The van der Waals surface area contributed by atoms with Crippen molar-refractivity contribution >= 4 is 10.1 Å². The minimum atomic E-state index is -3.78. The van der Waals surface area contributed by atoms with E-state index in [2.05, 4.69) is 20.8 Å². The van der Waals surface area contributed by atoms with Crippen LogP contribution in [0.2, 0.25) is 0 Å². The molecule has 0 heterocycles. The summed E-state index contributed by atoms with van der Waals surface area (Å²) in [5.74, 6) is 0.323. The van der Waals surface area contributed by atoms with E-state index in [1.807, 2.05) is 19.1 Å². The summed E-state index contributed by atoms with van der Waals surface area (Å²) < 4.78 is 29.5. The maximum Gasteiger partial charge on any atom is 0.339 e. The summed E-state index contributed by atoms with van der Waals surface area (Å²) in [7, 11) is -3.78. The van der Waals surface area contributed by atoms with Gasteiger partial charge >= 0.3 is 10.1 Å². The van der Waals surface area contributed by atoms with E-state index in [0.29, 0.717) is 5.75 Å². The summed E-state index contributed by atoms with van der Waals surface area (Å²) in [5, 5.41) is 0. The zero-order chi connectivity index (χ0) is 15.7. The maximum atomic E-state index is 12.2. The average Bonchev–Trinajstić information content (AvgIpc) is 2.38. The van der Waals surface area contributed by atoms with Crippen LogP contribution in [-0.2, 0) is 15.5 Å². The third kappa shape index (κ3) is 3.85. The Morgan fingerprint density at radius 3 is 1.86 bits per heavy atom. The van der Waals surface area contributed by atoms with E-state index in [1.165, 1.54) is 0 Å². The Balaban J connectivity index is 2.23. The Morgan fingerprint density at radius 2 is 1.38 bits per heavy atom. The van der Waals surface area contributed by atoms with Gasteiger partial charge in [0.25, 0.3) is 0 Å². The predicted molar refractivity (Wildman–Crippen MR) is 84.1 cm³/mol. The summed E-state index contributed by atoms with van der Waals surface area (Å²) in [6, 6.07) is 13.7. The van der Waals surface area contributed by atoms with Gasteiger partial charge < -0.3 is 4.18 Å². The topological polar surface area (TPSA) is 43.4 Å². The molecule has 0 aliphatic heterocycles. The van der Waals surface area contributed by atoms with Crippen LogP contribution in [0.3, 0.4) is 0 Å². The Hall–Kier alpha value is -1.81. The first kappa shape index (κ1) is 15.6. The number of hydrogen-bond donors (Lipinski definition) is 0. The summed E-state index contributed by atoms with van der Waals surface area (Å²) in [6.45, 7) is 8.21. The number of benzene rings is 2. The predicted octanol–water partition coefficient (Wildman–Crippen LogP) is 4.06. The molecule has 0 amide bonds. The van der Waals surface area contributed by atoms with Crippen LogP contribution in [-0.4, -0.2) is 8.42 Å². The van der Waals surface area contributed by atoms with E-state index in [1.54, 1.807) is 36.4 Å². The van der Waals surface area contributed by atoms with Crippen LogP contribution in [0.5, 0.6) is 5.75 Å². The molecule has 0 spiro atoms. The Bertz CT molecular complexity index is 706. The Labute approximate surface area is 126 Å². The summed E-state index contributed by atoms with van der Waals surface area (Å²) in [4.78, 5) is 0.160. The third-order valence-electron chi connectivity index (χ3n) is 3.24. The fraction of sp³-hybridized carbons (Fsp3) is 0.294. The maximum absolute atomic E-state index is 12.2. The van der Waals surface area contributed by atoms with Crippen LogP contribution >= 0.6 is 0 Å². The third-order valence-corrected chi connectivity index (χ3v) is 4.50.